The molecular formula is C16H27NO3. The summed E-state index contributed by atoms with van der Waals surface area (Å²) in [5.74, 6) is 2.46. The topological polar surface area (TPSA) is 51.5 Å². The maximum absolute atomic E-state index is 11.4. The van der Waals surface area contributed by atoms with Crippen LogP contribution in [0.15, 0.2) is 16.5 Å². The highest BCUT2D eigenvalue weighted by Gasteiger charge is 2.20. The number of hydrogen-bond acceptors (Lipinski definition) is 4. The molecule has 0 aliphatic carbocycles. The van der Waals surface area contributed by atoms with Gasteiger partial charge in [0.1, 0.15) is 5.76 Å². The van der Waals surface area contributed by atoms with Gasteiger partial charge in [-0.3, -0.25) is 0 Å². The summed E-state index contributed by atoms with van der Waals surface area (Å²) in [5.41, 5.74) is 0. The summed E-state index contributed by atoms with van der Waals surface area (Å²) in [6, 6.07) is 3.55. The second-order valence-corrected chi connectivity index (χ2v) is 5.98. The summed E-state index contributed by atoms with van der Waals surface area (Å²) in [6.45, 7) is 12.0. The smallest absolute Gasteiger partial charge is 0.373 e. The molecule has 0 fully saturated rings. The zero-order valence-corrected chi connectivity index (χ0v) is 13.4. The van der Waals surface area contributed by atoms with E-state index in [1.165, 1.54) is 7.11 Å². The number of methoxy groups -OCH3 is 1. The quantitative estimate of drug-likeness (QED) is 0.775. The summed E-state index contributed by atoms with van der Waals surface area (Å²) >= 11 is 0. The average Bonchev–Trinajstić information content (AvgIpc) is 2.86. The van der Waals surface area contributed by atoms with Crippen molar-refractivity contribution >= 4 is 5.97 Å². The molecule has 1 heterocycles. The van der Waals surface area contributed by atoms with Crippen molar-refractivity contribution < 1.29 is 13.9 Å². The Morgan fingerprint density at radius 1 is 1.20 bits per heavy atom. The van der Waals surface area contributed by atoms with Gasteiger partial charge in [-0.1, -0.05) is 27.7 Å². The molecule has 0 aliphatic rings. The number of furan rings is 1. The second-order valence-electron chi connectivity index (χ2n) is 5.98. The molecule has 0 saturated heterocycles. The molecule has 0 amide bonds. The number of carbonyl (C=O) groups excluding carboxylic acids is 1. The minimum Gasteiger partial charge on any atom is -0.463 e. The van der Waals surface area contributed by atoms with E-state index in [0.717, 1.165) is 12.3 Å². The predicted molar refractivity (Wildman–Crippen MR) is 79.6 cm³/mol. The number of hydrogen-bond donors (Lipinski definition) is 1. The molecule has 1 rings (SSSR count). The Hall–Kier alpha value is -1.29. The van der Waals surface area contributed by atoms with Crippen molar-refractivity contribution in [2.24, 2.45) is 17.8 Å². The van der Waals surface area contributed by atoms with Crippen LogP contribution in [0, 0.1) is 17.8 Å². The first kappa shape index (κ1) is 16.8. The van der Waals surface area contributed by atoms with Crippen molar-refractivity contribution in [3.63, 3.8) is 0 Å². The van der Waals surface area contributed by atoms with Crippen molar-refractivity contribution in [2.75, 3.05) is 13.7 Å². The molecular weight excluding hydrogens is 254 g/mol. The molecule has 0 bridgehead atoms. The molecule has 4 heteroatoms. The van der Waals surface area contributed by atoms with Crippen LogP contribution in [0.3, 0.4) is 0 Å². The first-order chi connectivity index (χ1) is 9.36. The molecule has 0 aliphatic heterocycles. The highest BCUT2D eigenvalue weighted by atomic mass is 16.5. The zero-order chi connectivity index (χ0) is 15.3. The summed E-state index contributed by atoms with van der Waals surface area (Å²) in [5, 5.41) is 3.49. The maximum Gasteiger partial charge on any atom is 0.373 e. The Morgan fingerprint density at radius 2 is 1.80 bits per heavy atom. The molecule has 0 saturated carbocycles. The van der Waals surface area contributed by atoms with Crippen LogP contribution in [0.1, 0.15) is 57.0 Å². The van der Waals surface area contributed by atoms with Gasteiger partial charge >= 0.3 is 5.97 Å². The van der Waals surface area contributed by atoms with E-state index in [1.807, 2.05) is 13.0 Å². The Morgan fingerprint density at radius 3 is 2.30 bits per heavy atom. The normalized spacial score (nSPS) is 13.2. The third-order valence-electron chi connectivity index (χ3n) is 3.81. The van der Waals surface area contributed by atoms with E-state index in [-0.39, 0.29) is 11.8 Å². The summed E-state index contributed by atoms with van der Waals surface area (Å²) in [7, 11) is 1.35. The molecule has 1 aromatic rings. The van der Waals surface area contributed by atoms with E-state index in [2.05, 4.69) is 37.7 Å². The molecule has 0 aromatic carbocycles. The third kappa shape index (κ3) is 4.37. The van der Waals surface area contributed by atoms with Gasteiger partial charge in [0.05, 0.1) is 13.2 Å². The minimum atomic E-state index is -0.439. The van der Waals surface area contributed by atoms with Crippen LogP contribution in [-0.2, 0) is 4.74 Å². The molecule has 1 N–H and O–H groups in total. The predicted octanol–water partition coefficient (Wildman–Crippen LogP) is 3.65. The Balaban J connectivity index is 2.60. The third-order valence-corrected chi connectivity index (χ3v) is 3.81. The minimum absolute atomic E-state index is 0.0772. The highest BCUT2D eigenvalue weighted by Crippen LogP contribution is 2.22. The SMILES string of the molecule is COC(=O)c1ccc(C(C)NCC(C(C)C)C(C)C)o1. The standard InChI is InChI=1S/C16H27NO3/c1-10(2)13(11(3)4)9-17-12(5)14-7-8-15(20-14)16(18)19-6/h7-8,10-13,17H,9H2,1-6H3. The lowest BCUT2D eigenvalue weighted by atomic mass is 9.85. The Bertz CT molecular complexity index is 415. The van der Waals surface area contributed by atoms with Crippen molar-refractivity contribution in [1.29, 1.82) is 0 Å². The molecule has 0 spiro atoms. The molecule has 20 heavy (non-hydrogen) atoms. The largest absolute Gasteiger partial charge is 0.463 e. The van der Waals surface area contributed by atoms with Crippen molar-refractivity contribution in [3.8, 4) is 0 Å². The van der Waals surface area contributed by atoms with Gasteiger partial charge in [-0.2, -0.15) is 0 Å². The fraction of sp³-hybridized carbons (Fsp3) is 0.688. The fourth-order valence-electron chi connectivity index (χ4n) is 2.45. The van der Waals surface area contributed by atoms with Crippen LogP contribution < -0.4 is 5.32 Å². The van der Waals surface area contributed by atoms with Gasteiger partial charge < -0.3 is 14.5 Å². The summed E-state index contributed by atoms with van der Waals surface area (Å²) in [6.07, 6.45) is 0. The van der Waals surface area contributed by atoms with Crippen LogP contribution in [0.5, 0.6) is 0 Å². The summed E-state index contributed by atoms with van der Waals surface area (Å²) < 4.78 is 10.2. The number of ether oxygens (including phenoxy) is 1. The van der Waals surface area contributed by atoms with Crippen LogP contribution in [-0.4, -0.2) is 19.6 Å². The lowest BCUT2D eigenvalue weighted by Gasteiger charge is -2.26. The maximum atomic E-state index is 11.4. The van der Waals surface area contributed by atoms with E-state index in [0.29, 0.717) is 17.8 Å². The van der Waals surface area contributed by atoms with E-state index >= 15 is 0 Å². The molecule has 1 atom stereocenters. The zero-order valence-electron chi connectivity index (χ0n) is 13.4. The van der Waals surface area contributed by atoms with E-state index in [4.69, 9.17) is 4.42 Å². The van der Waals surface area contributed by atoms with Crippen molar-refractivity contribution in [3.05, 3.63) is 23.7 Å². The Kier molecular flexibility index (Phi) is 6.27. The molecule has 0 radical (unpaired) electrons. The number of rotatable bonds is 7. The van der Waals surface area contributed by atoms with Gasteiger partial charge in [-0.15, -0.1) is 0 Å². The van der Waals surface area contributed by atoms with Crippen molar-refractivity contribution in [1.82, 2.24) is 5.32 Å². The fourth-order valence-corrected chi connectivity index (χ4v) is 2.45. The second kappa shape index (κ2) is 7.48. The number of carbonyl (C=O) groups is 1. The van der Waals surface area contributed by atoms with Gasteiger partial charge in [-0.05, 0) is 43.4 Å². The molecule has 114 valence electrons. The first-order valence-electron chi connectivity index (χ1n) is 7.28. The first-order valence-corrected chi connectivity index (χ1v) is 7.28. The number of nitrogens with one attached hydrogen (secondary N) is 1. The molecule has 1 aromatic heterocycles. The van der Waals surface area contributed by atoms with Gasteiger partial charge in [0, 0.05) is 0 Å². The monoisotopic (exact) mass is 281 g/mol. The van der Waals surface area contributed by atoms with E-state index in [9.17, 15) is 4.79 Å². The van der Waals surface area contributed by atoms with Crippen LogP contribution >= 0.6 is 0 Å². The lowest BCUT2D eigenvalue weighted by molar-refractivity contribution is 0.0562. The lowest BCUT2D eigenvalue weighted by Crippen LogP contribution is -2.31. The van der Waals surface area contributed by atoms with Gasteiger partial charge in [0.25, 0.3) is 0 Å². The van der Waals surface area contributed by atoms with Gasteiger partial charge in [0.2, 0.25) is 5.76 Å². The Labute approximate surface area is 121 Å². The van der Waals surface area contributed by atoms with Gasteiger partial charge in [-0.25, -0.2) is 4.79 Å². The molecule has 4 nitrogen and oxygen atoms in total. The summed E-state index contributed by atoms with van der Waals surface area (Å²) in [4.78, 5) is 11.4. The van der Waals surface area contributed by atoms with E-state index in [1.54, 1.807) is 6.07 Å². The molecule has 1 unspecified atom stereocenters. The van der Waals surface area contributed by atoms with E-state index < -0.39 is 5.97 Å². The van der Waals surface area contributed by atoms with Crippen LogP contribution in [0.2, 0.25) is 0 Å². The highest BCUT2D eigenvalue weighted by molar-refractivity contribution is 5.86. The van der Waals surface area contributed by atoms with Crippen LogP contribution in [0.25, 0.3) is 0 Å². The number of esters is 1. The van der Waals surface area contributed by atoms with Crippen molar-refractivity contribution in [2.45, 2.75) is 40.7 Å². The van der Waals surface area contributed by atoms with Gasteiger partial charge in [0.15, 0.2) is 0 Å². The van der Waals surface area contributed by atoms with Crippen LogP contribution in [0.4, 0.5) is 0 Å². The average molecular weight is 281 g/mol.